The summed E-state index contributed by atoms with van der Waals surface area (Å²) in [5.41, 5.74) is 0.515. The number of carbonyl (C=O) groups is 2. The number of nitrogens with one attached hydrogen (secondary N) is 1. The second kappa shape index (κ2) is 6.57. The van der Waals surface area contributed by atoms with E-state index in [1.54, 1.807) is 6.92 Å². The number of amides is 1. The number of allylic oxidation sites excluding steroid dienone is 1. The lowest BCUT2D eigenvalue weighted by atomic mass is 9.97. The van der Waals surface area contributed by atoms with Crippen LogP contribution in [0.25, 0.3) is 0 Å². The number of esters is 1. The number of carbonyl (C=O) groups excluding carboxylic acids is 2. The Kier molecular flexibility index (Phi) is 5.20. The monoisotopic (exact) mass is 333 g/mol. The van der Waals surface area contributed by atoms with Gasteiger partial charge in [-0.25, -0.2) is 0 Å². The summed E-state index contributed by atoms with van der Waals surface area (Å²) in [6.45, 7) is 1.94. The van der Waals surface area contributed by atoms with Crippen LogP contribution in [0.3, 0.4) is 0 Å². The molecule has 2 aliphatic carbocycles. The molecule has 0 spiro atoms. The Labute approximate surface area is 135 Å². The number of hydrogen-bond donors (Lipinski definition) is 1. The molecule has 118 valence electrons. The molecular weight excluding hydrogens is 313 g/mol. The van der Waals surface area contributed by atoms with Gasteiger partial charge in [0.25, 0.3) is 5.91 Å². The summed E-state index contributed by atoms with van der Waals surface area (Å²) < 4.78 is 3.91. The normalized spacial score (nSPS) is 26.7. The maximum absolute atomic E-state index is 11.8. The molecule has 0 radical (unpaired) electrons. The fourth-order valence-corrected chi connectivity index (χ4v) is 3.15. The lowest BCUT2D eigenvalue weighted by molar-refractivity contribution is -0.153. The van der Waals surface area contributed by atoms with Gasteiger partial charge in [0.05, 0.1) is 0 Å². The minimum Gasteiger partial charge on any atom is -0.455 e. The van der Waals surface area contributed by atoms with Crippen LogP contribution in [0.2, 0.25) is 0 Å². The average molecular weight is 334 g/mol. The van der Waals surface area contributed by atoms with Crippen LogP contribution in [0.1, 0.15) is 45.4 Å². The molecule has 1 amide bonds. The van der Waals surface area contributed by atoms with Crippen LogP contribution >= 0.6 is 23.2 Å². The maximum atomic E-state index is 11.8. The fraction of sp³-hybridized carbons (Fsp3) is 0.733. The molecule has 2 rings (SSSR count). The lowest BCUT2D eigenvalue weighted by Crippen LogP contribution is -2.32. The van der Waals surface area contributed by atoms with Crippen molar-refractivity contribution in [2.45, 2.75) is 49.8 Å². The second-order valence-corrected chi connectivity index (χ2v) is 7.48. The molecule has 1 N–H and O–H groups in total. The van der Waals surface area contributed by atoms with Gasteiger partial charge in [-0.2, -0.15) is 0 Å². The molecule has 1 saturated carbocycles. The molecule has 0 aromatic rings. The van der Waals surface area contributed by atoms with Gasteiger partial charge in [0.2, 0.25) is 0 Å². The number of hydrogen-bond acceptors (Lipinski definition) is 3. The Balaban J connectivity index is 1.62. The first kappa shape index (κ1) is 16.6. The van der Waals surface area contributed by atoms with Crippen molar-refractivity contribution >= 4 is 35.1 Å². The third-order valence-electron chi connectivity index (χ3n) is 4.20. The summed E-state index contributed by atoms with van der Waals surface area (Å²) in [6.07, 6.45) is 8.22. The van der Waals surface area contributed by atoms with E-state index in [0.29, 0.717) is 13.0 Å². The van der Waals surface area contributed by atoms with Gasteiger partial charge in [-0.1, -0.05) is 11.6 Å². The first-order valence-electron chi connectivity index (χ1n) is 7.35. The van der Waals surface area contributed by atoms with Gasteiger partial charge < -0.3 is 10.1 Å². The van der Waals surface area contributed by atoms with Gasteiger partial charge in [0, 0.05) is 13.0 Å². The highest BCUT2D eigenvalue weighted by Crippen LogP contribution is 2.64. The molecule has 0 aliphatic heterocycles. The van der Waals surface area contributed by atoms with E-state index in [0.717, 1.165) is 19.3 Å². The van der Waals surface area contributed by atoms with E-state index < -0.39 is 15.7 Å². The molecule has 2 aliphatic rings. The topological polar surface area (TPSA) is 55.4 Å². The van der Waals surface area contributed by atoms with E-state index in [1.807, 2.05) is 0 Å². The Morgan fingerprint density at radius 1 is 1.38 bits per heavy atom. The summed E-state index contributed by atoms with van der Waals surface area (Å²) in [5.74, 6) is -0.809. The summed E-state index contributed by atoms with van der Waals surface area (Å²) in [7, 11) is 0. The van der Waals surface area contributed by atoms with Crippen LogP contribution in [0, 0.1) is 5.41 Å². The smallest absolute Gasteiger partial charge is 0.315 e. The zero-order valence-corrected chi connectivity index (χ0v) is 13.7. The minimum absolute atomic E-state index is 0.280. The van der Waals surface area contributed by atoms with E-state index in [4.69, 9.17) is 27.9 Å². The van der Waals surface area contributed by atoms with Crippen molar-refractivity contribution in [2.24, 2.45) is 5.41 Å². The van der Waals surface area contributed by atoms with E-state index >= 15 is 0 Å². The predicted octanol–water partition coefficient (Wildman–Crippen LogP) is 3.12. The second-order valence-electron chi connectivity index (χ2n) is 6.00. The molecule has 0 aromatic carbocycles. The van der Waals surface area contributed by atoms with Crippen molar-refractivity contribution < 1.29 is 14.3 Å². The van der Waals surface area contributed by atoms with Gasteiger partial charge in [0.1, 0.15) is 9.75 Å². The van der Waals surface area contributed by atoms with Crippen molar-refractivity contribution in [1.29, 1.82) is 0 Å². The van der Waals surface area contributed by atoms with Crippen molar-refractivity contribution in [1.82, 2.24) is 5.32 Å². The number of halogens is 2. The highest BCUT2D eigenvalue weighted by Gasteiger charge is 2.69. The van der Waals surface area contributed by atoms with Crippen LogP contribution < -0.4 is 5.32 Å². The van der Waals surface area contributed by atoms with Crippen LogP contribution in [-0.2, 0) is 14.3 Å². The summed E-state index contributed by atoms with van der Waals surface area (Å²) in [6, 6.07) is 0. The number of rotatable bonds is 6. The van der Waals surface area contributed by atoms with Gasteiger partial charge in [-0.15, -0.1) is 23.2 Å². The van der Waals surface area contributed by atoms with Crippen molar-refractivity contribution in [3.05, 3.63) is 11.6 Å². The fourth-order valence-electron chi connectivity index (χ4n) is 2.46. The third kappa shape index (κ3) is 4.13. The summed E-state index contributed by atoms with van der Waals surface area (Å²) >= 11 is 11.8. The lowest BCUT2D eigenvalue weighted by Gasteiger charge is -2.14. The molecule has 0 saturated heterocycles. The van der Waals surface area contributed by atoms with Crippen LogP contribution in [-0.4, -0.2) is 29.4 Å². The zero-order valence-electron chi connectivity index (χ0n) is 12.2. The molecule has 1 atom stereocenters. The molecule has 1 unspecified atom stereocenters. The molecular formula is C15H21Cl2NO3. The van der Waals surface area contributed by atoms with Crippen LogP contribution in [0.5, 0.6) is 0 Å². The number of alkyl halides is 2. The number of ether oxygens (including phenoxy) is 1. The average Bonchev–Trinajstić information content (AvgIpc) is 2.97. The zero-order chi connectivity index (χ0) is 15.5. The Morgan fingerprint density at radius 3 is 2.67 bits per heavy atom. The molecule has 4 nitrogen and oxygen atoms in total. The van der Waals surface area contributed by atoms with E-state index in [9.17, 15) is 9.59 Å². The molecule has 0 bridgehead atoms. The van der Waals surface area contributed by atoms with Gasteiger partial charge in [-0.05, 0) is 39.0 Å². The predicted molar refractivity (Wildman–Crippen MR) is 82.3 cm³/mol. The SMILES string of the molecule is CC1(C(=O)OCC(=O)NCCC2=CCCCC2)CC1(Cl)Cl. The van der Waals surface area contributed by atoms with E-state index in [2.05, 4.69) is 11.4 Å². The third-order valence-corrected chi connectivity index (χ3v) is 5.30. The molecule has 0 heterocycles. The minimum atomic E-state index is -1.06. The van der Waals surface area contributed by atoms with Crippen LogP contribution in [0.15, 0.2) is 11.6 Å². The summed E-state index contributed by atoms with van der Waals surface area (Å²) in [4.78, 5) is 23.4. The van der Waals surface area contributed by atoms with Crippen LogP contribution in [0.4, 0.5) is 0 Å². The molecule has 1 fully saturated rings. The van der Waals surface area contributed by atoms with Crippen molar-refractivity contribution in [3.63, 3.8) is 0 Å². The highest BCUT2D eigenvalue weighted by atomic mass is 35.5. The molecule has 21 heavy (non-hydrogen) atoms. The largest absolute Gasteiger partial charge is 0.455 e. The van der Waals surface area contributed by atoms with E-state index in [-0.39, 0.29) is 12.5 Å². The van der Waals surface area contributed by atoms with Gasteiger partial charge >= 0.3 is 5.97 Å². The van der Waals surface area contributed by atoms with E-state index in [1.165, 1.54) is 18.4 Å². The standard InChI is InChI=1S/C15H21Cl2NO3/c1-14(10-15(14,16)17)13(20)21-9-12(19)18-8-7-11-5-3-2-4-6-11/h5H,2-4,6-10H2,1H3,(H,18,19). The quantitative estimate of drug-likeness (QED) is 0.461. The van der Waals surface area contributed by atoms with Gasteiger partial charge in [0.15, 0.2) is 6.61 Å². The first-order valence-corrected chi connectivity index (χ1v) is 8.10. The molecule has 6 heteroatoms. The summed E-state index contributed by atoms with van der Waals surface area (Å²) in [5, 5.41) is 2.75. The Morgan fingerprint density at radius 2 is 2.10 bits per heavy atom. The van der Waals surface area contributed by atoms with Gasteiger partial charge in [-0.3, -0.25) is 9.59 Å². The maximum Gasteiger partial charge on any atom is 0.315 e. The molecule has 0 aromatic heterocycles. The van der Waals surface area contributed by atoms with Crippen molar-refractivity contribution in [3.8, 4) is 0 Å². The Bertz CT molecular complexity index is 462. The van der Waals surface area contributed by atoms with Crippen molar-refractivity contribution in [2.75, 3.05) is 13.2 Å². The first-order chi connectivity index (χ1) is 9.85. The Hall–Kier alpha value is -0.740. The highest BCUT2D eigenvalue weighted by molar-refractivity contribution is 6.53.